The van der Waals surface area contributed by atoms with E-state index < -0.39 is 11.7 Å². The maximum atomic E-state index is 12.3. The number of benzene rings is 2. The number of amides is 1. The summed E-state index contributed by atoms with van der Waals surface area (Å²) in [5, 5.41) is 0. The number of nitrogens with zero attached hydrogens (tertiary/aromatic N) is 1. The molecule has 0 bridgehead atoms. The van der Waals surface area contributed by atoms with Gasteiger partial charge in [0.15, 0.2) is 11.5 Å². The van der Waals surface area contributed by atoms with Crippen LogP contribution < -0.4 is 14.4 Å². The minimum atomic E-state index is -0.496. The highest BCUT2D eigenvalue weighted by molar-refractivity contribution is 6.52. The van der Waals surface area contributed by atoms with Crippen molar-refractivity contribution >= 4 is 17.4 Å². The molecule has 0 aliphatic carbocycles. The van der Waals surface area contributed by atoms with Crippen molar-refractivity contribution in [3.63, 3.8) is 0 Å². The fraction of sp³-hybridized carbons (Fsp3) is 0.222. The molecular weight excluding hydrogens is 294 g/mol. The number of para-hydroxylation sites is 1. The zero-order chi connectivity index (χ0) is 16.6. The van der Waals surface area contributed by atoms with Crippen LogP contribution in [0.5, 0.6) is 11.5 Å². The van der Waals surface area contributed by atoms with E-state index in [1.807, 2.05) is 25.1 Å². The Morgan fingerprint density at radius 1 is 1.00 bits per heavy atom. The van der Waals surface area contributed by atoms with Crippen molar-refractivity contribution in [2.24, 2.45) is 0 Å². The molecule has 2 aromatic carbocycles. The van der Waals surface area contributed by atoms with Gasteiger partial charge in [0.25, 0.3) is 11.7 Å². The van der Waals surface area contributed by atoms with E-state index in [1.165, 1.54) is 4.90 Å². The van der Waals surface area contributed by atoms with Crippen LogP contribution in [0.4, 0.5) is 5.69 Å². The van der Waals surface area contributed by atoms with Crippen LogP contribution in [0, 0.1) is 6.92 Å². The summed E-state index contributed by atoms with van der Waals surface area (Å²) >= 11 is 0. The Kier molecular flexibility index (Phi) is 3.78. The highest BCUT2D eigenvalue weighted by Crippen LogP contribution is 2.34. The highest BCUT2D eigenvalue weighted by Gasteiger charge is 2.36. The van der Waals surface area contributed by atoms with E-state index in [2.05, 4.69) is 0 Å². The van der Waals surface area contributed by atoms with Crippen LogP contribution in [0.1, 0.15) is 21.5 Å². The lowest BCUT2D eigenvalue weighted by Gasteiger charge is -2.19. The molecule has 1 aliphatic heterocycles. The summed E-state index contributed by atoms with van der Waals surface area (Å²) in [6.07, 6.45) is 0. The summed E-state index contributed by atoms with van der Waals surface area (Å²) in [6.45, 7) is 2.20. The van der Waals surface area contributed by atoms with E-state index >= 15 is 0 Å². The number of fused-ring (bicyclic) bond motifs is 1. The van der Waals surface area contributed by atoms with Crippen molar-refractivity contribution in [3.05, 3.63) is 53.1 Å². The molecule has 0 N–H and O–H groups in total. The minimum absolute atomic E-state index is 0.308. The summed E-state index contributed by atoms with van der Waals surface area (Å²) in [4.78, 5) is 26.0. The second-order valence-electron chi connectivity index (χ2n) is 5.38. The lowest BCUT2D eigenvalue weighted by atomic mass is 10.1. The van der Waals surface area contributed by atoms with Gasteiger partial charge in [-0.2, -0.15) is 0 Å². The van der Waals surface area contributed by atoms with Crippen LogP contribution in [0.3, 0.4) is 0 Å². The van der Waals surface area contributed by atoms with Gasteiger partial charge in [0.05, 0.1) is 32.0 Å². The molecular formula is C18H17NO4. The number of carbonyl (C=O) groups is 2. The molecule has 23 heavy (non-hydrogen) atoms. The lowest BCUT2D eigenvalue weighted by Crippen LogP contribution is -2.29. The number of Topliss-reactive ketones (excluding diaryl/α,β-unsaturated/α-hetero) is 1. The predicted molar refractivity (Wildman–Crippen MR) is 86.2 cm³/mol. The second kappa shape index (κ2) is 5.76. The fourth-order valence-electron chi connectivity index (χ4n) is 2.85. The molecule has 1 aliphatic rings. The molecule has 0 radical (unpaired) electrons. The van der Waals surface area contributed by atoms with E-state index in [0.717, 1.165) is 11.1 Å². The van der Waals surface area contributed by atoms with E-state index in [0.29, 0.717) is 29.3 Å². The van der Waals surface area contributed by atoms with Gasteiger partial charge in [-0.3, -0.25) is 9.59 Å². The van der Waals surface area contributed by atoms with Crippen molar-refractivity contribution in [2.75, 3.05) is 19.1 Å². The zero-order valence-electron chi connectivity index (χ0n) is 13.3. The molecule has 0 saturated carbocycles. The molecule has 5 heteroatoms. The van der Waals surface area contributed by atoms with Crippen molar-refractivity contribution in [2.45, 2.75) is 13.5 Å². The number of rotatable bonds is 4. The largest absolute Gasteiger partial charge is 0.493 e. The molecule has 0 atom stereocenters. The lowest BCUT2D eigenvalue weighted by molar-refractivity contribution is -0.114. The molecule has 118 valence electrons. The molecule has 1 amide bonds. The first-order valence-corrected chi connectivity index (χ1v) is 7.23. The van der Waals surface area contributed by atoms with Gasteiger partial charge < -0.3 is 14.4 Å². The van der Waals surface area contributed by atoms with Gasteiger partial charge in [0.2, 0.25) is 0 Å². The van der Waals surface area contributed by atoms with Crippen LogP contribution >= 0.6 is 0 Å². The second-order valence-corrected chi connectivity index (χ2v) is 5.38. The Morgan fingerprint density at radius 2 is 1.74 bits per heavy atom. The van der Waals surface area contributed by atoms with Crippen LogP contribution in [0.2, 0.25) is 0 Å². The minimum Gasteiger partial charge on any atom is -0.493 e. The van der Waals surface area contributed by atoms with Gasteiger partial charge in [-0.25, -0.2) is 0 Å². The average Bonchev–Trinajstić information content (AvgIpc) is 2.81. The number of hydrogen-bond donors (Lipinski definition) is 0. The summed E-state index contributed by atoms with van der Waals surface area (Å²) < 4.78 is 10.5. The summed E-state index contributed by atoms with van der Waals surface area (Å²) in [7, 11) is 3.13. The Bertz CT molecular complexity index is 798. The third kappa shape index (κ3) is 2.44. The molecule has 0 spiro atoms. The number of hydrogen-bond acceptors (Lipinski definition) is 4. The average molecular weight is 311 g/mol. The quantitative estimate of drug-likeness (QED) is 0.815. The summed E-state index contributed by atoms with van der Waals surface area (Å²) in [5.74, 6) is 0.262. The van der Waals surface area contributed by atoms with Crippen molar-refractivity contribution in [3.8, 4) is 11.5 Å². The molecule has 0 unspecified atom stereocenters. The van der Waals surface area contributed by atoms with Crippen LogP contribution in [0.15, 0.2) is 36.4 Å². The number of aryl methyl sites for hydroxylation is 1. The third-order valence-corrected chi connectivity index (χ3v) is 3.98. The summed E-state index contributed by atoms with van der Waals surface area (Å²) in [6, 6.07) is 10.8. The summed E-state index contributed by atoms with van der Waals surface area (Å²) in [5.41, 5.74) is 2.93. The number of methoxy groups -OCH3 is 2. The van der Waals surface area contributed by atoms with Crippen molar-refractivity contribution < 1.29 is 19.1 Å². The van der Waals surface area contributed by atoms with Crippen molar-refractivity contribution in [1.82, 2.24) is 0 Å². The Morgan fingerprint density at radius 3 is 2.43 bits per heavy atom. The zero-order valence-corrected chi connectivity index (χ0v) is 13.3. The van der Waals surface area contributed by atoms with Gasteiger partial charge in [-0.15, -0.1) is 0 Å². The normalized spacial score (nSPS) is 13.3. The van der Waals surface area contributed by atoms with Gasteiger partial charge in [-0.05, 0) is 36.2 Å². The van der Waals surface area contributed by atoms with E-state index in [1.54, 1.807) is 32.4 Å². The monoisotopic (exact) mass is 311 g/mol. The number of carbonyl (C=O) groups excluding carboxylic acids is 2. The number of ether oxygens (including phenoxy) is 2. The first-order valence-electron chi connectivity index (χ1n) is 7.23. The predicted octanol–water partition coefficient (Wildman–Crippen LogP) is 2.74. The van der Waals surface area contributed by atoms with Gasteiger partial charge in [-0.1, -0.05) is 18.2 Å². The first kappa shape index (κ1) is 15.1. The SMILES string of the molecule is COc1ccc(CN2C(=O)C(=O)c3cccc(C)c32)cc1OC. The number of ketones is 1. The molecule has 3 rings (SSSR count). The fourth-order valence-corrected chi connectivity index (χ4v) is 2.85. The molecule has 1 heterocycles. The van der Waals surface area contributed by atoms with Crippen LogP contribution in [-0.2, 0) is 11.3 Å². The number of anilines is 1. The van der Waals surface area contributed by atoms with Crippen LogP contribution in [-0.4, -0.2) is 25.9 Å². The van der Waals surface area contributed by atoms with Gasteiger partial charge in [0, 0.05) is 0 Å². The van der Waals surface area contributed by atoms with Crippen molar-refractivity contribution in [1.29, 1.82) is 0 Å². The Hall–Kier alpha value is -2.82. The molecule has 2 aromatic rings. The van der Waals surface area contributed by atoms with Gasteiger partial charge >= 0.3 is 0 Å². The van der Waals surface area contributed by atoms with E-state index in [-0.39, 0.29) is 0 Å². The highest BCUT2D eigenvalue weighted by atomic mass is 16.5. The van der Waals surface area contributed by atoms with E-state index in [9.17, 15) is 9.59 Å². The van der Waals surface area contributed by atoms with E-state index in [4.69, 9.17) is 9.47 Å². The molecule has 0 fully saturated rings. The maximum Gasteiger partial charge on any atom is 0.299 e. The third-order valence-electron chi connectivity index (χ3n) is 3.98. The van der Waals surface area contributed by atoms with Gasteiger partial charge in [0.1, 0.15) is 0 Å². The first-order chi connectivity index (χ1) is 11.1. The smallest absolute Gasteiger partial charge is 0.299 e. The Labute approximate surface area is 134 Å². The maximum absolute atomic E-state index is 12.3. The topological polar surface area (TPSA) is 55.8 Å². The molecule has 0 saturated heterocycles. The standard InChI is InChI=1S/C18H17NO4/c1-11-5-4-6-13-16(11)19(18(21)17(13)20)10-12-7-8-14(22-2)15(9-12)23-3/h4-9H,10H2,1-3H3. The Balaban J connectivity index is 1.98. The molecule has 5 nitrogen and oxygen atoms in total. The molecule has 0 aromatic heterocycles. The van der Waals surface area contributed by atoms with Crippen LogP contribution in [0.25, 0.3) is 0 Å².